The Labute approximate surface area is 172 Å². The maximum absolute atomic E-state index is 12.6. The molecule has 28 heavy (non-hydrogen) atoms. The molecule has 2 amide bonds. The van der Waals surface area contributed by atoms with E-state index in [-0.39, 0.29) is 36.2 Å². The predicted molar refractivity (Wildman–Crippen MR) is 115 cm³/mol. The summed E-state index contributed by atoms with van der Waals surface area (Å²) in [6.07, 6.45) is 1.74. The van der Waals surface area contributed by atoms with Crippen molar-refractivity contribution in [1.29, 1.82) is 0 Å². The van der Waals surface area contributed by atoms with Crippen molar-refractivity contribution in [1.82, 2.24) is 10.6 Å². The largest absolute Gasteiger partial charge is 0.349 e. The van der Waals surface area contributed by atoms with Gasteiger partial charge in [0.2, 0.25) is 5.91 Å². The second-order valence-electron chi connectivity index (χ2n) is 7.25. The second kappa shape index (κ2) is 10.2. The average Bonchev–Trinajstić information content (AvgIpc) is 2.68. The normalized spacial score (nSPS) is 19.8. The summed E-state index contributed by atoms with van der Waals surface area (Å²) in [5, 5.41) is 9.41. The van der Waals surface area contributed by atoms with Gasteiger partial charge in [-0.2, -0.15) is 0 Å². The van der Waals surface area contributed by atoms with Gasteiger partial charge in [0.25, 0.3) is 5.91 Å². The molecular weight excluding hydrogens is 374 g/mol. The van der Waals surface area contributed by atoms with Gasteiger partial charge in [-0.15, -0.1) is 12.4 Å². The lowest BCUT2D eigenvalue weighted by atomic mass is 9.92. The summed E-state index contributed by atoms with van der Waals surface area (Å²) < 4.78 is 0. The van der Waals surface area contributed by atoms with Gasteiger partial charge in [-0.1, -0.05) is 30.3 Å². The molecule has 1 heterocycles. The van der Waals surface area contributed by atoms with Crippen LogP contribution in [-0.2, 0) is 4.79 Å². The van der Waals surface area contributed by atoms with Crippen molar-refractivity contribution < 1.29 is 9.59 Å². The number of piperidine rings is 1. The third-order valence-electron chi connectivity index (χ3n) is 5.03. The zero-order chi connectivity index (χ0) is 19.2. The van der Waals surface area contributed by atoms with Gasteiger partial charge in [0, 0.05) is 23.2 Å². The van der Waals surface area contributed by atoms with Crippen molar-refractivity contribution in [3.05, 3.63) is 65.7 Å². The third kappa shape index (κ3) is 5.81. The number of halogens is 1. The molecule has 0 radical (unpaired) electrons. The quantitative estimate of drug-likeness (QED) is 0.711. The van der Waals surface area contributed by atoms with Crippen LogP contribution in [0.3, 0.4) is 0 Å². The van der Waals surface area contributed by atoms with Crippen LogP contribution in [0.2, 0.25) is 0 Å². The maximum atomic E-state index is 12.6. The second-order valence-corrected chi connectivity index (χ2v) is 7.25. The first-order valence-electron chi connectivity index (χ1n) is 9.53. The van der Waals surface area contributed by atoms with Crippen molar-refractivity contribution in [3.8, 4) is 0 Å². The van der Waals surface area contributed by atoms with Crippen LogP contribution in [0, 0.1) is 5.92 Å². The standard InChI is InChI=1S/C22H27N3O2.ClH/c1-15-13-19(11-12-23-15)22(27)24-16(2)18-9-6-10-20(14-18)25-21(26)17-7-4-3-5-8-17;/h3-10,14-16,19,23H,11-13H2,1-2H3,(H,24,27)(H,25,26);1H/t15-,16?,19-;/m0./s1. The molecule has 0 spiro atoms. The van der Waals surface area contributed by atoms with Crippen LogP contribution >= 0.6 is 12.4 Å². The zero-order valence-electron chi connectivity index (χ0n) is 16.3. The minimum atomic E-state index is -0.145. The number of carbonyl (C=O) groups is 2. The van der Waals surface area contributed by atoms with Gasteiger partial charge in [-0.3, -0.25) is 9.59 Å². The van der Waals surface area contributed by atoms with E-state index in [9.17, 15) is 9.59 Å². The highest BCUT2D eigenvalue weighted by Gasteiger charge is 2.25. The lowest BCUT2D eigenvalue weighted by Gasteiger charge is -2.28. The van der Waals surface area contributed by atoms with Crippen LogP contribution in [0.5, 0.6) is 0 Å². The van der Waals surface area contributed by atoms with Gasteiger partial charge >= 0.3 is 0 Å². The van der Waals surface area contributed by atoms with E-state index in [0.717, 1.165) is 30.6 Å². The molecule has 5 nitrogen and oxygen atoms in total. The van der Waals surface area contributed by atoms with Crippen molar-refractivity contribution in [3.63, 3.8) is 0 Å². The lowest BCUT2D eigenvalue weighted by molar-refractivity contribution is -0.126. The van der Waals surface area contributed by atoms with E-state index in [1.54, 1.807) is 12.1 Å². The average molecular weight is 402 g/mol. The number of benzene rings is 2. The van der Waals surface area contributed by atoms with Crippen LogP contribution in [0.25, 0.3) is 0 Å². The van der Waals surface area contributed by atoms with E-state index in [1.807, 2.05) is 49.4 Å². The first-order chi connectivity index (χ1) is 13.0. The maximum Gasteiger partial charge on any atom is 0.255 e. The van der Waals surface area contributed by atoms with Crippen LogP contribution in [0.1, 0.15) is 48.7 Å². The van der Waals surface area contributed by atoms with Gasteiger partial charge in [0.1, 0.15) is 0 Å². The number of hydrogen-bond acceptors (Lipinski definition) is 3. The third-order valence-corrected chi connectivity index (χ3v) is 5.03. The molecule has 3 atom stereocenters. The summed E-state index contributed by atoms with van der Waals surface area (Å²) in [4.78, 5) is 24.9. The summed E-state index contributed by atoms with van der Waals surface area (Å²) in [7, 11) is 0. The fourth-order valence-corrected chi connectivity index (χ4v) is 3.46. The van der Waals surface area contributed by atoms with Crippen molar-refractivity contribution in [2.24, 2.45) is 5.92 Å². The molecule has 2 aromatic carbocycles. The summed E-state index contributed by atoms with van der Waals surface area (Å²) in [6, 6.07) is 17.0. The summed E-state index contributed by atoms with van der Waals surface area (Å²) in [5.74, 6) is 0.0207. The van der Waals surface area contributed by atoms with Gasteiger partial charge < -0.3 is 16.0 Å². The van der Waals surface area contributed by atoms with Crippen molar-refractivity contribution in [2.75, 3.05) is 11.9 Å². The molecule has 3 N–H and O–H groups in total. The molecule has 3 rings (SSSR count). The zero-order valence-corrected chi connectivity index (χ0v) is 17.1. The van der Waals surface area contributed by atoms with E-state index in [2.05, 4.69) is 22.9 Å². The fourth-order valence-electron chi connectivity index (χ4n) is 3.46. The number of rotatable bonds is 5. The molecule has 150 valence electrons. The van der Waals surface area contributed by atoms with E-state index >= 15 is 0 Å². The first kappa shape index (κ1) is 21.9. The van der Waals surface area contributed by atoms with E-state index < -0.39 is 0 Å². The monoisotopic (exact) mass is 401 g/mol. The molecule has 0 saturated carbocycles. The summed E-state index contributed by atoms with van der Waals surface area (Å²) in [6.45, 7) is 4.97. The molecule has 1 aliphatic rings. The molecule has 0 aliphatic carbocycles. The number of amides is 2. The molecule has 1 fully saturated rings. The molecular formula is C22H28ClN3O2. The molecule has 1 aliphatic heterocycles. The Hall–Kier alpha value is -2.37. The molecule has 2 aromatic rings. The van der Waals surface area contributed by atoms with E-state index in [4.69, 9.17) is 0 Å². The smallest absolute Gasteiger partial charge is 0.255 e. The van der Waals surface area contributed by atoms with Crippen molar-refractivity contribution in [2.45, 2.75) is 38.8 Å². The lowest BCUT2D eigenvalue weighted by Crippen LogP contribution is -2.42. The predicted octanol–water partition coefficient (Wildman–Crippen LogP) is 3.93. The molecule has 1 saturated heterocycles. The van der Waals surface area contributed by atoms with E-state index in [1.165, 1.54) is 0 Å². The first-order valence-corrected chi connectivity index (χ1v) is 9.53. The van der Waals surface area contributed by atoms with Crippen LogP contribution in [-0.4, -0.2) is 24.4 Å². The molecule has 6 heteroatoms. The minimum Gasteiger partial charge on any atom is -0.349 e. The highest BCUT2D eigenvalue weighted by molar-refractivity contribution is 6.04. The Bertz CT molecular complexity index is 797. The SMILES string of the molecule is CC(NC(=O)[C@H]1CCN[C@@H](C)C1)c1cccc(NC(=O)c2ccccc2)c1.Cl. The summed E-state index contributed by atoms with van der Waals surface area (Å²) >= 11 is 0. The molecule has 0 bridgehead atoms. The number of hydrogen-bond donors (Lipinski definition) is 3. The highest BCUT2D eigenvalue weighted by Crippen LogP contribution is 2.21. The van der Waals surface area contributed by atoms with Gasteiger partial charge in [0.05, 0.1) is 6.04 Å². The number of nitrogens with one attached hydrogen (secondary N) is 3. The van der Waals surface area contributed by atoms with E-state index in [0.29, 0.717) is 11.6 Å². The number of carbonyl (C=O) groups excluding carboxylic acids is 2. The number of anilines is 1. The molecule has 1 unspecified atom stereocenters. The molecule has 0 aromatic heterocycles. The van der Waals surface area contributed by atoms with Crippen molar-refractivity contribution >= 4 is 29.9 Å². The topological polar surface area (TPSA) is 70.2 Å². The Kier molecular flexibility index (Phi) is 8.03. The Balaban J connectivity index is 0.00000280. The summed E-state index contributed by atoms with van der Waals surface area (Å²) in [5.41, 5.74) is 2.30. The van der Waals surface area contributed by atoms with Gasteiger partial charge in [-0.05, 0) is 63.1 Å². The Morgan fingerprint density at radius 3 is 2.57 bits per heavy atom. The Morgan fingerprint density at radius 1 is 1.11 bits per heavy atom. The van der Waals surface area contributed by atoms with Crippen LogP contribution in [0.4, 0.5) is 5.69 Å². The fraction of sp³-hybridized carbons (Fsp3) is 0.364. The van der Waals surface area contributed by atoms with Gasteiger partial charge in [0.15, 0.2) is 0 Å². The van der Waals surface area contributed by atoms with Crippen LogP contribution in [0.15, 0.2) is 54.6 Å². The van der Waals surface area contributed by atoms with Crippen LogP contribution < -0.4 is 16.0 Å². The minimum absolute atomic E-state index is 0. The highest BCUT2D eigenvalue weighted by atomic mass is 35.5. The van der Waals surface area contributed by atoms with Gasteiger partial charge in [-0.25, -0.2) is 0 Å². The Morgan fingerprint density at radius 2 is 1.86 bits per heavy atom.